The number of benzene rings is 1. The lowest BCUT2D eigenvalue weighted by Crippen LogP contribution is -2.32. The summed E-state index contributed by atoms with van der Waals surface area (Å²) in [6.45, 7) is 5.46. The number of amides is 1. The monoisotopic (exact) mass is 373 g/mol. The van der Waals surface area contributed by atoms with E-state index in [1.807, 2.05) is 42.8 Å². The summed E-state index contributed by atoms with van der Waals surface area (Å²) in [5.41, 5.74) is 3.67. The molecule has 4 rings (SSSR count). The Morgan fingerprint density at radius 3 is 2.73 bits per heavy atom. The number of hydrogen-bond donors (Lipinski definition) is 0. The van der Waals surface area contributed by atoms with Crippen LogP contribution in [0.4, 0.5) is 0 Å². The van der Waals surface area contributed by atoms with Crippen molar-refractivity contribution >= 4 is 15.7 Å². The molecule has 0 unspecified atom stereocenters. The molecule has 2 aliphatic rings. The average Bonchev–Trinajstić information content (AvgIpc) is 3.23. The number of likely N-dealkylation sites (tertiary alicyclic amines) is 1. The van der Waals surface area contributed by atoms with Gasteiger partial charge in [0.2, 0.25) is 0 Å². The molecule has 0 aliphatic carbocycles. The van der Waals surface area contributed by atoms with Crippen molar-refractivity contribution in [1.29, 1.82) is 0 Å². The molecule has 26 heavy (non-hydrogen) atoms. The van der Waals surface area contributed by atoms with Crippen molar-refractivity contribution in [2.45, 2.75) is 32.1 Å². The highest BCUT2D eigenvalue weighted by molar-refractivity contribution is 7.92. The van der Waals surface area contributed by atoms with Crippen molar-refractivity contribution in [3.05, 3.63) is 52.8 Å². The van der Waals surface area contributed by atoms with Crippen LogP contribution in [0.15, 0.2) is 30.3 Å². The van der Waals surface area contributed by atoms with Crippen molar-refractivity contribution in [3.63, 3.8) is 0 Å². The lowest BCUT2D eigenvalue weighted by Gasteiger charge is -2.18. The van der Waals surface area contributed by atoms with Crippen LogP contribution in [0.2, 0.25) is 0 Å². The molecule has 3 heterocycles. The van der Waals surface area contributed by atoms with Gasteiger partial charge in [-0.3, -0.25) is 9.48 Å². The Hall–Kier alpha value is -2.15. The van der Waals surface area contributed by atoms with E-state index in [4.69, 9.17) is 0 Å². The first-order chi connectivity index (χ1) is 12.3. The van der Waals surface area contributed by atoms with Crippen molar-refractivity contribution in [3.8, 4) is 0 Å². The number of fused-ring (bicyclic) bond motifs is 1. The Kier molecular flexibility index (Phi) is 4.14. The quantitative estimate of drug-likeness (QED) is 0.823. The molecule has 0 bridgehead atoms. The van der Waals surface area contributed by atoms with Crippen LogP contribution in [0.25, 0.3) is 0 Å². The molecule has 0 radical (unpaired) electrons. The van der Waals surface area contributed by atoms with Crippen LogP contribution in [0.1, 0.15) is 33.7 Å². The third-order valence-electron chi connectivity index (χ3n) is 5.51. The molecule has 2 fully saturated rings. The number of rotatable bonds is 3. The molecule has 2 atom stereocenters. The number of aromatic nitrogens is 2. The number of hydrogen-bond acceptors (Lipinski definition) is 4. The number of aryl methyl sites for hydroxylation is 2. The molecule has 0 spiro atoms. The molecule has 1 amide bonds. The van der Waals surface area contributed by atoms with Crippen LogP contribution in [0.5, 0.6) is 0 Å². The predicted molar refractivity (Wildman–Crippen MR) is 98.8 cm³/mol. The van der Waals surface area contributed by atoms with E-state index in [9.17, 15) is 13.2 Å². The summed E-state index contributed by atoms with van der Waals surface area (Å²) in [6, 6.07) is 9.58. The van der Waals surface area contributed by atoms with E-state index in [1.54, 1.807) is 11.0 Å². The second kappa shape index (κ2) is 6.23. The molecule has 7 heteroatoms. The van der Waals surface area contributed by atoms with Crippen molar-refractivity contribution < 1.29 is 13.2 Å². The minimum Gasteiger partial charge on any atom is -0.337 e. The van der Waals surface area contributed by atoms with E-state index in [0.717, 1.165) is 17.0 Å². The standard InChI is InChI=1S/C19H23N3O3S/c1-13-8-14(2)22(20-13)10-15-4-3-5-16(9-15)19(23)21-11-17-6-7-26(24,25)18(17)12-21/h3-5,8-9,17-18H,6-7,10-12H2,1-2H3/t17-,18+/m0/s1. The normalized spacial score (nSPS) is 24.0. The van der Waals surface area contributed by atoms with Gasteiger partial charge in [-0.05, 0) is 49.9 Å². The van der Waals surface area contributed by atoms with E-state index in [-0.39, 0.29) is 22.8 Å². The topological polar surface area (TPSA) is 72.3 Å². The first-order valence-corrected chi connectivity index (χ1v) is 10.7. The van der Waals surface area contributed by atoms with Crippen molar-refractivity contribution in [2.75, 3.05) is 18.8 Å². The molecule has 138 valence electrons. The Labute approximate surface area is 153 Å². The fourth-order valence-electron chi connectivity index (χ4n) is 4.15. The van der Waals surface area contributed by atoms with E-state index >= 15 is 0 Å². The van der Waals surface area contributed by atoms with Gasteiger partial charge in [0.25, 0.3) is 5.91 Å². The second-order valence-corrected chi connectivity index (χ2v) is 9.79. The Bertz CT molecular complexity index is 964. The maximum atomic E-state index is 12.9. The Balaban J connectivity index is 1.52. The van der Waals surface area contributed by atoms with Gasteiger partial charge in [0.15, 0.2) is 9.84 Å². The van der Waals surface area contributed by atoms with E-state index in [0.29, 0.717) is 31.6 Å². The lowest BCUT2D eigenvalue weighted by atomic mass is 10.1. The maximum absolute atomic E-state index is 12.9. The smallest absolute Gasteiger partial charge is 0.253 e. The van der Waals surface area contributed by atoms with Crippen molar-refractivity contribution in [1.82, 2.24) is 14.7 Å². The van der Waals surface area contributed by atoms with Gasteiger partial charge in [0.05, 0.1) is 23.2 Å². The molecule has 1 aromatic carbocycles. The maximum Gasteiger partial charge on any atom is 0.253 e. The molecule has 0 saturated carbocycles. The summed E-state index contributed by atoms with van der Waals surface area (Å²) in [5.74, 6) is 0.286. The summed E-state index contributed by atoms with van der Waals surface area (Å²) in [4.78, 5) is 14.6. The predicted octanol–water partition coefficient (Wildman–Crippen LogP) is 1.81. The van der Waals surface area contributed by atoms with E-state index in [1.165, 1.54) is 0 Å². The van der Waals surface area contributed by atoms with Crippen molar-refractivity contribution in [2.24, 2.45) is 5.92 Å². The molecule has 1 aromatic heterocycles. The van der Waals surface area contributed by atoms with Gasteiger partial charge in [0, 0.05) is 24.3 Å². The average molecular weight is 373 g/mol. The molecule has 2 aromatic rings. The van der Waals surface area contributed by atoms with E-state index < -0.39 is 9.84 Å². The third kappa shape index (κ3) is 3.05. The van der Waals surface area contributed by atoms with Crippen LogP contribution in [-0.4, -0.2) is 53.1 Å². The fraction of sp³-hybridized carbons (Fsp3) is 0.474. The van der Waals surface area contributed by atoms with Gasteiger partial charge in [-0.2, -0.15) is 5.10 Å². The fourth-order valence-corrected chi connectivity index (χ4v) is 6.30. The zero-order valence-electron chi connectivity index (χ0n) is 15.1. The SMILES string of the molecule is Cc1cc(C)n(Cc2cccc(C(=O)N3C[C@@H]4CCS(=O)(=O)[C@@H]4C3)c2)n1. The van der Waals surface area contributed by atoms with Gasteiger partial charge in [0.1, 0.15) is 0 Å². The highest BCUT2D eigenvalue weighted by atomic mass is 32.2. The highest BCUT2D eigenvalue weighted by Crippen LogP contribution is 2.34. The van der Waals surface area contributed by atoms with E-state index in [2.05, 4.69) is 5.10 Å². The molecule has 2 aliphatic heterocycles. The summed E-state index contributed by atoms with van der Waals surface area (Å²) >= 11 is 0. The minimum atomic E-state index is -3.03. The summed E-state index contributed by atoms with van der Waals surface area (Å²) in [5, 5.41) is 4.10. The summed E-state index contributed by atoms with van der Waals surface area (Å²) in [6.07, 6.45) is 0.675. The highest BCUT2D eigenvalue weighted by Gasteiger charge is 2.47. The van der Waals surface area contributed by atoms with Crippen LogP contribution in [-0.2, 0) is 16.4 Å². The zero-order chi connectivity index (χ0) is 18.5. The molecular formula is C19H23N3O3S. The van der Waals surface area contributed by atoms with Crippen LogP contribution >= 0.6 is 0 Å². The minimum absolute atomic E-state index is 0.0789. The first kappa shape index (κ1) is 17.3. The number of carbonyl (C=O) groups is 1. The van der Waals surface area contributed by atoms with Gasteiger partial charge in [-0.1, -0.05) is 12.1 Å². The van der Waals surface area contributed by atoms with Crippen LogP contribution in [0, 0.1) is 19.8 Å². The summed E-state index contributed by atoms with van der Waals surface area (Å²) in [7, 11) is -3.03. The van der Waals surface area contributed by atoms with Gasteiger partial charge in [-0.25, -0.2) is 8.42 Å². The van der Waals surface area contributed by atoms with Gasteiger partial charge < -0.3 is 4.90 Å². The van der Waals surface area contributed by atoms with Gasteiger partial charge >= 0.3 is 0 Å². The second-order valence-electron chi connectivity index (χ2n) is 7.45. The van der Waals surface area contributed by atoms with Crippen LogP contribution in [0.3, 0.4) is 0 Å². The molecular weight excluding hydrogens is 350 g/mol. The Morgan fingerprint density at radius 1 is 1.23 bits per heavy atom. The van der Waals surface area contributed by atoms with Crippen LogP contribution < -0.4 is 0 Å². The molecule has 2 saturated heterocycles. The number of sulfone groups is 1. The zero-order valence-corrected chi connectivity index (χ0v) is 15.9. The molecule has 6 nitrogen and oxygen atoms in total. The van der Waals surface area contributed by atoms with Gasteiger partial charge in [-0.15, -0.1) is 0 Å². The summed E-state index contributed by atoms with van der Waals surface area (Å²) < 4.78 is 26.1. The first-order valence-electron chi connectivity index (χ1n) is 8.94. The lowest BCUT2D eigenvalue weighted by molar-refractivity contribution is 0.0786. The number of carbonyl (C=O) groups excluding carboxylic acids is 1. The largest absolute Gasteiger partial charge is 0.337 e. The molecule has 0 N–H and O–H groups in total. The third-order valence-corrected chi connectivity index (χ3v) is 7.77. The Morgan fingerprint density at radius 2 is 2.04 bits per heavy atom. The number of nitrogens with zero attached hydrogens (tertiary/aromatic N) is 3.